The Morgan fingerprint density at radius 1 is 0.446 bits per heavy atom. The second-order valence-corrected chi connectivity index (χ2v) is 24.9. The second-order valence-electron chi connectivity index (χ2n) is 24.9. The zero-order chi connectivity index (χ0) is 60.2. The molecule has 11 heteroatoms. The van der Waals surface area contributed by atoms with Crippen molar-refractivity contribution in [2.75, 3.05) is 19.8 Å². The van der Waals surface area contributed by atoms with Crippen LogP contribution in [0.5, 0.6) is 0 Å². The van der Waals surface area contributed by atoms with E-state index in [0.29, 0.717) is 19.4 Å². The summed E-state index contributed by atoms with van der Waals surface area (Å²) < 4.78 is 16.7. The lowest BCUT2D eigenvalue weighted by Crippen LogP contribution is -2.60. The van der Waals surface area contributed by atoms with Crippen LogP contribution in [0.25, 0.3) is 0 Å². The zero-order valence-corrected chi connectivity index (χ0v) is 54.2. The summed E-state index contributed by atoms with van der Waals surface area (Å²) in [6.07, 6.45) is 68.7. The van der Waals surface area contributed by atoms with Gasteiger partial charge in [0, 0.05) is 12.8 Å². The summed E-state index contributed by atoms with van der Waals surface area (Å²) in [7, 11) is 0. The molecule has 0 spiro atoms. The summed E-state index contributed by atoms with van der Waals surface area (Å²) in [6, 6.07) is -0.808. The molecule has 1 fully saturated rings. The molecular formula is C72H135NO10. The Kier molecular flexibility index (Phi) is 58.5. The Morgan fingerprint density at radius 3 is 1.22 bits per heavy atom. The van der Waals surface area contributed by atoms with E-state index >= 15 is 0 Å². The van der Waals surface area contributed by atoms with Crippen molar-refractivity contribution in [2.24, 2.45) is 0 Å². The lowest BCUT2D eigenvalue weighted by Gasteiger charge is -2.40. The minimum absolute atomic E-state index is 0.00844. The minimum atomic E-state index is -1.57. The number of unbranched alkanes of at least 4 members (excludes halogenated alkanes) is 45. The van der Waals surface area contributed by atoms with Gasteiger partial charge in [0.25, 0.3) is 0 Å². The van der Waals surface area contributed by atoms with Gasteiger partial charge in [0.1, 0.15) is 24.4 Å². The number of carbonyl (C=O) groups excluding carboxylic acids is 2. The molecule has 7 unspecified atom stereocenters. The number of allylic oxidation sites excluding steroid dienone is 5. The normalized spacial score (nSPS) is 18.3. The average molecular weight is 1170 g/mol. The van der Waals surface area contributed by atoms with E-state index in [2.05, 4.69) is 43.5 Å². The van der Waals surface area contributed by atoms with Crippen molar-refractivity contribution in [3.8, 4) is 0 Å². The number of nitrogens with one attached hydrogen (secondary N) is 1. The van der Waals surface area contributed by atoms with E-state index in [-0.39, 0.29) is 18.5 Å². The number of hydrogen-bond acceptors (Lipinski definition) is 10. The molecule has 1 amide bonds. The van der Waals surface area contributed by atoms with Crippen LogP contribution >= 0.6 is 0 Å². The SMILES string of the molecule is CCCCCCCCC/C=C/C(O)C(COC1OC(CO)C(O)C(O)C1O)NC(=O)CCCCCCCCCCCCCCCCC/C=C\C/C=C\CCCCCCCCCCCOC(=O)CCCCCCCCCCCCCCCCC. The van der Waals surface area contributed by atoms with Crippen LogP contribution in [0, 0.1) is 0 Å². The molecular weight excluding hydrogens is 1040 g/mol. The number of ether oxygens (including phenoxy) is 3. The largest absolute Gasteiger partial charge is 0.466 e. The highest BCUT2D eigenvalue weighted by molar-refractivity contribution is 5.76. The number of carbonyl (C=O) groups is 2. The molecule has 0 saturated carbocycles. The van der Waals surface area contributed by atoms with Gasteiger partial charge in [0.05, 0.1) is 32.0 Å². The number of rotatable bonds is 63. The van der Waals surface area contributed by atoms with E-state index in [0.717, 1.165) is 64.2 Å². The van der Waals surface area contributed by atoms with Gasteiger partial charge in [-0.2, -0.15) is 0 Å². The third-order valence-corrected chi connectivity index (χ3v) is 17.0. The fourth-order valence-electron chi connectivity index (χ4n) is 11.4. The maximum absolute atomic E-state index is 13.0. The topological polar surface area (TPSA) is 175 Å². The molecule has 0 aromatic carbocycles. The monoisotopic (exact) mass is 1170 g/mol. The van der Waals surface area contributed by atoms with E-state index in [1.54, 1.807) is 6.08 Å². The van der Waals surface area contributed by atoms with E-state index in [9.17, 15) is 35.1 Å². The van der Waals surface area contributed by atoms with Crippen LogP contribution in [-0.4, -0.2) is 100 Å². The zero-order valence-electron chi connectivity index (χ0n) is 54.2. The summed E-state index contributed by atoms with van der Waals surface area (Å²) in [6.45, 7) is 4.35. The van der Waals surface area contributed by atoms with Crippen molar-refractivity contribution in [1.82, 2.24) is 5.32 Å². The van der Waals surface area contributed by atoms with Gasteiger partial charge in [-0.1, -0.05) is 307 Å². The number of aliphatic hydroxyl groups excluding tert-OH is 5. The molecule has 7 atom stereocenters. The minimum Gasteiger partial charge on any atom is -0.466 e. The third kappa shape index (κ3) is 50.6. The van der Waals surface area contributed by atoms with Crippen LogP contribution in [0.15, 0.2) is 36.5 Å². The highest BCUT2D eigenvalue weighted by Crippen LogP contribution is 2.23. The molecule has 83 heavy (non-hydrogen) atoms. The average Bonchev–Trinajstić information content (AvgIpc) is 3.57. The van der Waals surface area contributed by atoms with Crippen LogP contribution in [-0.2, 0) is 23.8 Å². The first-order valence-electron chi connectivity index (χ1n) is 35.8. The molecule has 1 saturated heterocycles. The highest BCUT2D eigenvalue weighted by atomic mass is 16.7. The van der Waals surface area contributed by atoms with Gasteiger partial charge in [0.15, 0.2) is 6.29 Å². The van der Waals surface area contributed by atoms with E-state index < -0.39 is 49.5 Å². The molecule has 1 aliphatic heterocycles. The lowest BCUT2D eigenvalue weighted by atomic mass is 9.99. The fraction of sp³-hybridized carbons (Fsp3) is 0.889. The van der Waals surface area contributed by atoms with E-state index in [4.69, 9.17) is 14.2 Å². The molecule has 11 nitrogen and oxygen atoms in total. The van der Waals surface area contributed by atoms with Crippen LogP contribution in [0.3, 0.4) is 0 Å². The molecule has 488 valence electrons. The molecule has 0 aromatic heterocycles. The van der Waals surface area contributed by atoms with Crippen molar-refractivity contribution < 1.29 is 49.3 Å². The fourth-order valence-corrected chi connectivity index (χ4v) is 11.4. The summed E-state index contributed by atoms with van der Waals surface area (Å²) >= 11 is 0. The van der Waals surface area contributed by atoms with Gasteiger partial charge in [-0.15, -0.1) is 0 Å². The lowest BCUT2D eigenvalue weighted by molar-refractivity contribution is -0.302. The maximum Gasteiger partial charge on any atom is 0.305 e. The summed E-state index contributed by atoms with van der Waals surface area (Å²) in [5.74, 6) is -0.174. The van der Waals surface area contributed by atoms with Crippen molar-refractivity contribution in [3.05, 3.63) is 36.5 Å². The highest BCUT2D eigenvalue weighted by Gasteiger charge is 2.44. The predicted octanol–water partition coefficient (Wildman–Crippen LogP) is 18.2. The Bertz CT molecular complexity index is 1470. The molecule has 1 rings (SSSR count). The molecule has 6 N–H and O–H groups in total. The Hall–Kier alpha value is -2.12. The quantitative estimate of drug-likeness (QED) is 0.0195. The van der Waals surface area contributed by atoms with Crippen LogP contribution in [0.2, 0.25) is 0 Å². The first-order chi connectivity index (χ1) is 40.7. The summed E-state index contributed by atoms with van der Waals surface area (Å²) in [4.78, 5) is 25.1. The Morgan fingerprint density at radius 2 is 0.807 bits per heavy atom. The van der Waals surface area contributed by atoms with Gasteiger partial charge < -0.3 is 45.1 Å². The van der Waals surface area contributed by atoms with E-state index in [1.165, 1.54) is 257 Å². The number of amides is 1. The van der Waals surface area contributed by atoms with E-state index in [1.807, 2.05) is 6.08 Å². The standard InChI is InChI=1S/C72H135NO10/c1-3-5-7-9-11-13-14-15-33-37-40-44-48-52-56-60-68(77)81-61-57-53-49-45-41-38-35-32-30-28-26-24-22-20-18-16-17-19-21-23-25-27-29-31-34-36-39-43-47-51-55-59-67(76)73-64(65(75)58-54-50-46-42-12-10-8-6-4-2)63-82-72-71(80)70(79)69(78)66(62-74)83-72/h18,20,24,26,54,58,64-66,69-72,74-75,78-80H,3-17,19,21-23,25,27-53,55-57,59-63H2,1-2H3,(H,73,76)/b20-18-,26-24-,58-54+. The first kappa shape index (κ1) is 78.9. The summed E-state index contributed by atoms with van der Waals surface area (Å²) in [5, 5.41) is 54.3. The Labute approximate surface area is 511 Å². The molecule has 0 bridgehead atoms. The van der Waals surface area contributed by atoms with Gasteiger partial charge in [0.2, 0.25) is 5.91 Å². The maximum atomic E-state index is 13.0. The molecule has 0 aromatic rings. The summed E-state index contributed by atoms with van der Waals surface area (Å²) in [5.41, 5.74) is 0. The van der Waals surface area contributed by atoms with Crippen LogP contribution in [0.4, 0.5) is 0 Å². The van der Waals surface area contributed by atoms with Crippen molar-refractivity contribution in [3.63, 3.8) is 0 Å². The predicted molar refractivity (Wildman–Crippen MR) is 347 cm³/mol. The number of esters is 1. The number of aliphatic hydroxyl groups is 5. The van der Waals surface area contributed by atoms with Crippen LogP contribution in [0.1, 0.15) is 348 Å². The smallest absolute Gasteiger partial charge is 0.305 e. The van der Waals surface area contributed by atoms with Crippen molar-refractivity contribution in [2.45, 2.75) is 391 Å². The second kappa shape index (κ2) is 61.5. The Balaban J connectivity index is 1.92. The molecule has 0 aliphatic carbocycles. The van der Waals surface area contributed by atoms with Gasteiger partial charge in [-0.05, 0) is 64.2 Å². The number of hydrogen-bond donors (Lipinski definition) is 6. The van der Waals surface area contributed by atoms with Gasteiger partial charge >= 0.3 is 5.97 Å². The first-order valence-corrected chi connectivity index (χ1v) is 35.8. The van der Waals surface area contributed by atoms with Gasteiger partial charge in [-0.25, -0.2) is 0 Å². The molecule has 0 radical (unpaired) electrons. The van der Waals surface area contributed by atoms with Crippen molar-refractivity contribution >= 4 is 11.9 Å². The third-order valence-electron chi connectivity index (χ3n) is 17.0. The van der Waals surface area contributed by atoms with Gasteiger partial charge in [-0.3, -0.25) is 9.59 Å². The molecule has 1 heterocycles. The van der Waals surface area contributed by atoms with Crippen molar-refractivity contribution in [1.29, 1.82) is 0 Å². The van der Waals surface area contributed by atoms with Crippen LogP contribution < -0.4 is 5.32 Å². The molecule has 1 aliphatic rings.